The number of piperidine rings is 3. The molecule has 7 nitrogen and oxygen atoms in total. The van der Waals surface area contributed by atoms with Gasteiger partial charge in [-0.3, -0.25) is 4.79 Å². The first-order valence-corrected chi connectivity index (χ1v) is 13.9. The summed E-state index contributed by atoms with van der Waals surface area (Å²) in [5.41, 5.74) is 2.37. The molecule has 202 valence electrons. The molecule has 39 heavy (non-hydrogen) atoms. The molecule has 3 aromatic rings. The van der Waals surface area contributed by atoms with E-state index in [1.807, 2.05) is 78.9 Å². The van der Waals surface area contributed by atoms with Crippen molar-refractivity contribution in [2.24, 2.45) is 5.92 Å². The van der Waals surface area contributed by atoms with Gasteiger partial charge in [0, 0.05) is 36.4 Å². The van der Waals surface area contributed by atoms with Crippen LogP contribution in [0.2, 0.25) is 0 Å². The van der Waals surface area contributed by atoms with Gasteiger partial charge in [0.15, 0.2) is 23.6 Å². The largest absolute Gasteiger partial charge is 0.490 e. The van der Waals surface area contributed by atoms with Gasteiger partial charge in [-0.15, -0.1) is 0 Å². The van der Waals surface area contributed by atoms with Crippen LogP contribution >= 0.6 is 0 Å². The monoisotopic (exact) mass is 527 g/mol. The number of ketones is 1. The molecule has 4 heterocycles. The maximum atomic E-state index is 13.6. The Hall–Kier alpha value is -3.84. The number of Topliss-reactive ketones (excluding diaryl/α,β-unsaturated/α-hetero) is 1. The lowest BCUT2D eigenvalue weighted by molar-refractivity contribution is -0.938. The lowest BCUT2D eigenvalue weighted by atomic mass is 9.82. The van der Waals surface area contributed by atoms with Crippen LogP contribution in [0.25, 0.3) is 0 Å². The van der Waals surface area contributed by atoms with Gasteiger partial charge in [0.25, 0.3) is 0 Å². The predicted molar refractivity (Wildman–Crippen MR) is 148 cm³/mol. The van der Waals surface area contributed by atoms with Gasteiger partial charge < -0.3 is 24.0 Å². The van der Waals surface area contributed by atoms with E-state index in [1.165, 1.54) is 0 Å². The smallest absolute Gasteiger partial charge is 0.333 e. The topological polar surface area (TPSA) is 73.9 Å². The molecule has 3 aromatic carbocycles. The van der Waals surface area contributed by atoms with Gasteiger partial charge in [0.1, 0.15) is 13.1 Å². The molecule has 7 heteroatoms. The minimum atomic E-state index is -0.610. The summed E-state index contributed by atoms with van der Waals surface area (Å²) in [4.78, 5) is 27.1. The molecule has 0 aliphatic carbocycles. The highest BCUT2D eigenvalue weighted by atomic mass is 16.5. The first-order chi connectivity index (χ1) is 19.1. The van der Waals surface area contributed by atoms with Crippen LogP contribution in [-0.2, 0) is 9.53 Å². The number of carbonyl (C=O) groups is 2. The van der Waals surface area contributed by atoms with Crippen LogP contribution in [0, 0.1) is 5.92 Å². The number of nitrogens with zero attached hydrogens (tertiary/aromatic N) is 1. The van der Waals surface area contributed by atoms with E-state index in [4.69, 9.17) is 14.2 Å². The number of nitrogens with one attached hydrogen (secondary N) is 1. The molecule has 4 aliphatic rings. The van der Waals surface area contributed by atoms with Gasteiger partial charge >= 0.3 is 5.97 Å². The van der Waals surface area contributed by atoms with Crippen molar-refractivity contribution in [3.05, 3.63) is 90.0 Å². The van der Waals surface area contributed by atoms with Gasteiger partial charge in [0.2, 0.25) is 5.78 Å². The third-order valence-electron chi connectivity index (χ3n) is 8.31. The third-order valence-corrected chi connectivity index (χ3v) is 8.31. The average molecular weight is 528 g/mol. The molecule has 4 aliphatic heterocycles. The Labute approximate surface area is 229 Å². The number of fused-ring (bicyclic) bond motifs is 4. The first-order valence-electron chi connectivity index (χ1n) is 13.9. The molecule has 1 unspecified atom stereocenters. The van der Waals surface area contributed by atoms with E-state index in [2.05, 4.69) is 5.32 Å². The van der Waals surface area contributed by atoms with Crippen molar-refractivity contribution in [2.75, 3.05) is 44.7 Å². The van der Waals surface area contributed by atoms with E-state index >= 15 is 0 Å². The summed E-state index contributed by atoms with van der Waals surface area (Å²) in [7, 11) is 0. The minimum absolute atomic E-state index is 0.0870. The molecule has 7 rings (SSSR count). The van der Waals surface area contributed by atoms with Gasteiger partial charge in [-0.2, -0.15) is 0 Å². The number of para-hydroxylation sites is 1. The van der Waals surface area contributed by atoms with Crippen LogP contribution < -0.4 is 14.8 Å². The number of hydrogen-bond donors (Lipinski definition) is 1. The van der Waals surface area contributed by atoms with Crippen LogP contribution in [0.1, 0.15) is 41.2 Å². The zero-order valence-electron chi connectivity index (χ0n) is 22.1. The third kappa shape index (κ3) is 5.64. The summed E-state index contributed by atoms with van der Waals surface area (Å²) in [6.45, 7) is 4.12. The highest BCUT2D eigenvalue weighted by Crippen LogP contribution is 2.37. The predicted octanol–water partition coefficient (Wildman–Crippen LogP) is 5.04. The Morgan fingerprint density at radius 3 is 2.33 bits per heavy atom. The lowest BCUT2D eigenvalue weighted by Gasteiger charge is -2.51. The molecule has 0 amide bonds. The number of ether oxygens (including phenoxy) is 3. The van der Waals surface area contributed by atoms with Crippen molar-refractivity contribution in [3.63, 3.8) is 0 Å². The van der Waals surface area contributed by atoms with Crippen LogP contribution in [0.4, 0.5) is 5.69 Å². The van der Waals surface area contributed by atoms with Crippen LogP contribution in [-0.4, -0.2) is 61.7 Å². The SMILES string of the molecule is O=C(C[N+]12CCC(CC1)[C@@H](OC(=O)C(Nc1ccccc1)c1ccccc1)C2)c1ccc2c(c1)OCCCO2. The minimum Gasteiger partial charge on any atom is -0.490 e. The second-order valence-electron chi connectivity index (χ2n) is 10.9. The number of anilines is 1. The van der Waals surface area contributed by atoms with E-state index in [0.717, 1.165) is 43.6 Å². The van der Waals surface area contributed by atoms with Crippen LogP contribution in [0.15, 0.2) is 78.9 Å². The zero-order chi connectivity index (χ0) is 26.7. The van der Waals surface area contributed by atoms with Crippen molar-refractivity contribution in [2.45, 2.75) is 31.4 Å². The Bertz CT molecular complexity index is 1300. The summed E-state index contributed by atoms with van der Waals surface area (Å²) in [5, 5.41) is 3.37. The number of hydrogen-bond acceptors (Lipinski definition) is 6. The Morgan fingerprint density at radius 2 is 1.59 bits per heavy atom. The van der Waals surface area contributed by atoms with E-state index in [1.54, 1.807) is 0 Å². The van der Waals surface area contributed by atoms with E-state index < -0.39 is 6.04 Å². The molecular weight excluding hydrogens is 492 g/mol. The molecule has 3 saturated heterocycles. The quantitative estimate of drug-likeness (QED) is 0.252. The molecule has 1 N–H and O–H groups in total. The Balaban J connectivity index is 1.16. The molecular formula is C32H35N2O5+. The van der Waals surface area contributed by atoms with Crippen molar-refractivity contribution in [1.29, 1.82) is 0 Å². The van der Waals surface area contributed by atoms with Crippen LogP contribution in [0.3, 0.4) is 0 Å². The van der Waals surface area contributed by atoms with Crippen molar-refractivity contribution in [3.8, 4) is 11.5 Å². The number of rotatable bonds is 8. The first kappa shape index (κ1) is 25.4. The van der Waals surface area contributed by atoms with Crippen molar-refractivity contribution >= 4 is 17.4 Å². The van der Waals surface area contributed by atoms with E-state index in [9.17, 15) is 9.59 Å². The fourth-order valence-corrected chi connectivity index (χ4v) is 6.15. The molecule has 0 saturated carbocycles. The average Bonchev–Trinajstić information content (AvgIpc) is 3.22. The highest BCUT2D eigenvalue weighted by Gasteiger charge is 2.49. The fourth-order valence-electron chi connectivity index (χ4n) is 6.15. The molecule has 2 bridgehead atoms. The molecule has 0 spiro atoms. The van der Waals surface area contributed by atoms with Gasteiger partial charge in [-0.1, -0.05) is 48.5 Å². The van der Waals surface area contributed by atoms with E-state index in [0.29, 0.717) is 53.8 Å². The van der Waals surface area contributed by atoms with Gasteiger partial charge in [0.05, 0.1) is 26.3 Å². The number of quaternary nitrogens is 1. The van der Waals surface area contributed by atoms with Crippen molar-refractivity contribution in [1.82, 2.24) is 0 Å². The lowest BCUT2D eigenvalue weighted by Crippen LogP contribution is -2.65. The van der Waals surface area contributed by atoms with Crippen molar-refractivity contribution < 1.29 is 28.3 Å². The number of carbonyl (C=O) groups excluding carboxylic acids is 2. The molecule has 2 atom stereocenters. The Morgan fingerprint density at radius 1 is 0.897 bits per heavy atom. The summed E-state index contributed by atoms with van der Waals surface area (Å²) in [5.74, 6) is 1.47. The second-order valence-corrected chi connectivity index (χ2v) is 10.9. The maximum absolute atomic E-state index is 13.6. The van der Waals surface area contributed by atoms with Gasteiger partial charge in [-0.05, 0) is 35.9 Å². The van der Waals surface area contributed by atoms with E-state index in [-0.39, 0.29) is 17.9 Å². The van der Waals surface area contributed by atoms with Gasteiger partial charge in [-0.25, -0.2) is 4.79 Å². The summed E-state index contributed by atoms with van der Waals surface area (Å²) in [6.07, 6.45) is 2.52. The zero-order valence-corrected chi connectivity index (χ0v) is 22.1. The normalized spacial score (nSPS) is 24.3. The molecule has 0 aromatic heterocycles. The molecule has 0 radical (unpaired) electrons. The number of benzene rings is 3. The highest BCUT2D eigenvalue weighted by molar-refractivity contribution is 5.97. The maximum Gasteiger partial charge on any atom is 0.333 e. The second kappa shape index (κ2) is 11.1. The summed E-state index contributed by atoms with van der Waals surface area (Å²) >= 11 is 0. The number of esters is 1. The summed E-state index contributed by atoms with van der Waals surface area (Å²) in [6, 6.07) is 24.3. The molecule has 3 fully saturated rings. The standard InChI is InChI=1S/C32H35N2O5/c35-27(25-12-13-28-29(20-25)38-19-7-18-37-28)21-34-16-14-23(15-17-34)30(22-34)39-32(36)31(24-8-3-1-4-9-24)33-26-10-5-2-6-11-26/h1-6,8-13,20,23,30-31,33H,7,14-19,21-22H2/q+1/t23?,30-,31?,34?/m0/s1. The Kier molecular flexibility index (Phi) is 7.24. The summed E-state index contributed by atoms with van der Waals surface area (Å²) < 4.78 is 18.4. The fraction of sp³-hybridized carbons (Fsp3) is 0.375. The van der Waals surface area contributed by atoms with Crippen LogP contribution in [0.5, 0.6) is 11.5 Å².